The zero-order valence-corrected chi connectivity index (χ0v) is 12.4. The molecule has 0 amide bonds. The van der Waals surface area contributed by atoms with Crippen molar-refractivity contribution in [2.24, 2.45) is 4.99 Å². The Kier molecular flexibility index (Phi) is 11.2. The Hall–Kier alpha value is -0.980. The van der Waals surface area contributed by atoms with Crippen molar-refractivity contribution in [3.8, 4) is 0 Å². The SMILES string of the molecule is CCCCCCNC(=NC)NCCCOCC(F)(F)F. The highest BCUT2D eigenvalue weighted by Crippen LogP contribution is 2.14. The van der Waals surface area contributed by atoms with Crippen molar-refractivity contribution in [1.29, 1.82) is 0 Å². The van der Waals surface area contributed by atoms with Gasteiger partial charge in [-0.1, -0.05) is 26.2 Å². The number of ether oxygens (including phenoxy) is 1. The van der Waals surface area contributed by atoms with E-state index in [-0.39, 0.29) is 6.61 Å². The van der Waals surface area contributed by atoms with Gasteiger partial charge in [-0.15, -0.1) is 0 Å². The van der Waals surface area contributed by atoms with Crippen LogP contribution < -0.4 is 10.6 Å². The summed E-state index contributed by atoms with van der Waals surface area (Å²) in [5, 5.41) is 6.20. The molecule has 4 nitrogen and oxygen atoms in total. The number of alkyl halides is 3. The molecule has 0 aliphatic heterocycles. The normalized spacial score (nSPS) is 12.6. The molecule has 0 rings (SSSR count). The molecule has 0 spiro atoms. The molecular weight excluding hydrogens is 271 g/mol. The van der Waals surface area contributed by atoms with Crippen molar-refractivity contribution in [2.45, 2.75) is 45.2 Å². The molecule has 0 aromatic heterocycles. The minimum atomic E-state index is -4.25. The minimum absolute atomic E-state index is 0.0833. The van der Waals surface area contributed by atoms with Gasteiger partial charge in [-0.3, -0.25) is 4.99 Å². The number of guanidine groups is 1. The molecule has 120 valence electrons. The lowest BCUT2D eigenvalue weighted by Crippen LogP contribution is -2.38. The molecule has 0 saturated carbocycles. The van der Waals surface area contributed by atoms with Crippen LogP contribution >= 0.6 is 0 Å². The summed E-state index contributed by atoms with van der Waals surface area (Å²) in [5.74, 6) is 0.678. The summed E-state index contributed by atoms with van der Waals surface area (Å²) in [7, 11) is 1.67. The molecule has 2 N–H and O–H groups in total. The van der Waals surface area contributed by atoms with Gasteiger partial charge in [0.05, 0.1) is 0 Å². The Labute approximate surface area is 119 Å². The molecule has 0 bridgehead atoms. The van der Waals surface area contributed by atoms with Crippen LogP contribution in [-0.2, 0) is 4.74 Å². The third-order valence-corrected chi connectivity index (χ3v) is 2.57. The summed E-state index contributed by atoms with van der Waals surface area (Å²) in [6, 6.07) is 0. The lowest BCUT2D eigenvalue weighted by molar-refractivity contribution is -0.173. The second-order valence-electron chi connectivity index (χ2n) is 4.51. The van der Waals surface area contributed by atoms with Gasteiger partial charge in [0.1, 0.15) is 6.61 Å². The van der Waals surface area contributed by atoms with Crippen molar-refractivity contribution in [3.05, 3.63) is 0 Å². The molecule has 0 unspecified atom stereocenters. The molecule has 0 fully saturated rings. The quantitative estimate of drug-likeness (QED) is 0.370. The van der Waals surface area contributed by atoms with Crippen molar-refractivity contribution < 1.29 is 17.9 Å². The maximum absolute atomic E-state index is 11.8. The van der Waals surface area contributed by atoms with Crippen LogP contribution in [0.2, 0.25) is 0 Å². The molecule has 0 aliphatic carbocycles. The monoisotopic (exact) mass is 297 g/mol. The van der Waals surface area contributed by atoms with Crippen LogP contribution in [0.1, 0.15) is 39.0 Å². The van der Waals surface area contributed by atoms with Gasteiger partial charge < -0.3 is 15.4 Å². The van der Waals surface area contributed by atoms with E-state index in [1.165, 1.54) is 19.3 Å². The van der Waals surface area contributed by atoms with Gasteiger partial charge in [0.2, 0.25) is 0 Å². The predicted octanol–water partition coefficient (Wildman–Crippen LogP) is 2.70. The highest BCUT2D eigenvalue weighted by Gasteiger charge is 2.27. The third kappa shape index (κ3) is 13.5. The molecule has 0 aromatic carbocycles. The van der Waals surface area contributed by atoms with E-state index in [9.17, 15) is 13.2 Å². The number of hydrogen-bond donors (Lipinski definition) is 2. The van der Waals surface area contributed by atoms with E-state index in [0.717, 1.165) is 13.0 Å². The van der Waals surface area contributed by atoms with Gasteiger partial charge in [-0.05, 0) is 12.8 Å². The highest BCUT2D eigenvalue weighted by molar-refractivity contribution is 5.79. The summed E-state index contributed by atoms with van der Waals surface area (Å²) in [6.07, 6.45) is 0.959. The zero-order chi connectivity index (χ0) is 15.3. The molecule has 0 atom stereocenters. The number of rotatable bonds is 10. The molecule has 7 heteroatoms. The topological polar surface area (TPSA) is 45.7 Å². The number of aliphatic imine (C=N–C) groups is 1. The highest BCUT2D eigenvalue weighted by atomic mass is 19.4. The van der Waals surface area contributed by atoms with E-state index < -0.39 is 12.8 Å². The summed E-state index contributed by atoms with van der Waals surface area (Å²) in [5.41, 5.74) is 0. The second-order valence-corrected chi connectivity index (χ2v) is 4.51. The van der Waals surface area contributed by atoms with Crippen LogP contribution in [0.3, 0.4) is 0 Å². The van der Waals surface area contributed by atoms with Crippen LogP contribution in [-0.4, -0.2) is 45.5 Å². The van der Waals surface area contributed by atoms with Crippen molar-refractivity contribution in [3.63, 3.8) is 0 Å². The fourth-order valence-corrected chi connectivity index (χ4v) is 1.55. The average molecular weight is 297 g/mol. The zero-order valence-electron chi connectivity index (χ0n) is 12.4. The fraction of sp³-hybridized carbons (Fsp3) is 0.923. The molecule has 0 aromatic rings. The Morgan fingerprint density at radius 2 is 1.70 bits per heavy atom. The van der Waals surface area contributed by atoms with Crippen molar-refractivity contribution in [2.75, 3.05) is 33.4 Å². The van der Waals surface area contributed by atoms with Crippen molar-refractivity contribution in [1.82, 2.24) is 10.6 Å². The first-order chi connectivity index (χ1) is 9.49. The number of unbranched alkanes of at least 4 members (excludes halogenated alkanes) is 3. The van der Waals surface area contributed by atoms with Gasteiger partial charge in [0, 0.05) is 26.7 Å². The Balaban J connectivity index is 3.47. The Morgan fingerprint density at radius 3 is 2.25 bits per heavy atom. The molecule has 0 aliphatic rings. The molecule has 0 heterocycles. The van der Waals surface area contributed by atoms with Crippen LogP contribution in [0.25, 0.3) is 0 Å². The van der Waals surface area contributed by atoms with Crippen LogP contribution in [0.4, 0.5) is 13.2 Å². The summed E-state index contributed by atoms with van der Waals surface area (Å²) in [4.78, 5) is 4.04. The lowest BCUT2D eigenvalue weighted by Gasteiger charge is -2.12. The van der Waals surface area contributed by atoms with E-state index in [1.807, 2.05) is 0 Å². The van der Waals surface area contributed by atoms with E-state index >= 15 is 0 Å². The van der Waals surface area contributed by atoms with Gasteiger partial charge in [0.15, 0.2) is 5.96 Å². The smallest absolute Gasteiger partial charge is 0.372 e. The third-order valence-electron chi connectivity index (χ3n) is 2.57. The van der Waals surface area contributed by atoms with Crippen LogP contribution in [0.5, 0.6) is 0 Å². The van der Waals surface area contributed by atoms with Crippen molar-refractivity contribution >= 4 is 5.96 Å². The summed E-state index contributed by atoms with van der Waals surface area (Å²) >= 11 is 0. The van der Waals surface area contributed by atoms with E-state index in [2.05, 4.69) is 27.3 Å². The number of hydrogen-bond acceptors (Lipinski definition) is 2. The average Bonchev–Trinajstić information content (AvgIpc) is 2.38. The van der Waals surface area contributed by atoms with Gasteiger partial charge in [-0.25, -0.2) is 0 Å². The summed E-state index contributed by atoms with van der Waals surface area (Å²) < 4.78 is 39.9. The first kappa shape index (κ1) is 19.0. The number of nitrogens with one attached hydrogen (secondary N) is 2. The standard InChI is InChI=1S/C13H26F3N3O/c1-3-4-5-6-8-18-12(17-2)19-9-7-10-20-11-13(14,15)16/h3-11H2,1-2H3,(H2,17,18,19). The number of halogens is 3. The van der Waals surface area contributed by atoms with Crippen LogP contribution in [0, 0.1) is 0 Å². The number of nitrogens with zero attached hydrogens (tertiary/aromatic N) is 1. The van der Waals surface area contributed by atoms with Gasteiger partial charge >= 0.3 is 6.18 Å². The Bertz CT molecular complexity index is 258. The maximum Gasteiger partial charge on any atom is 0.411 e. The second kappa shape index (κ2) is 11.8. The van der Waals surface area contributed by atoms with Gasteiger partial charge in [0.25, 0.3) is 0 Å². The first-order valence-corrected chi connectivity index (χ1v) is 7.08. The fourth-order valence-electron chi connectivity index (χ4n) is 1.55. The molecular formula is C13H26F3N3O. The Morgan fingerprint density at radius 1 is 1.05 bits per heavy atom. The summed E-state index contributed by atoms with van der Waals surface area (Å²) in [6.45, 7) is 2.45. The first-order valence-electron chi connectivity index (χ1n) is 7.08. The predicted molar refractivity (Wildman–Crippen MR) is 75.0 cm³/mol. The van der Waals surface area contributed by atoms with Gasteiger partial charge in [-0.2, -0.15) is 13.2 Å². The van der Waals surface area contributed by atoms with E-state index in [4.69, 9.17) is 0 Å². The maximum atomic E-state index is 11.8. The minimum Gasteiger partial charge on any atom is -0.372 e. The largest absolute Gasteiger partial charge is 0.411 e. The van der Waals surface area contributed by atoms with Crippen LogP contribution in [0.15, 0.2) is 4.99 Å². The molecule has 0 radical (unpaired) electrons. The van der Waals surface area contributed by atoms with E-state index in [1.54, 1.807) is 7.05 Å². The molecule has 20 heavy (non-hydrogen) atoms. The lowest BCUT2D eigenvalue weighted by atomic mass is 10.2. The molecule has 0 saturated heterocycles. The van der Waals surface area contributed by atoms with E-state index in [0.29, 0.717) is 18.9 Å².